The first-order chi connectivity index (χ1) is 8.52. The fraction of sp³-hybridized carbons (Fsp3) is 0.385. The van der Waals surface area contributed by atoms with Crippen molar-refractivity contribution in [2.45, 2.75) is 20.0 Å². The van der Waals surface area contributed by atoms with Crippen LogP contribution in [0.1, 0.15) is 12.5 Å². The molecule has 0 unspecified atom stereocenters. The van der Waals surface area contributed by atoms with E-state index in [1.165, 1.54) is 14.0 Å². The molecule has 18 heavy (non-hydrogen) atoms. The van der Waals surface area contributed by atoms with Crippen LogP contribution in [0.25, 0.3) is 0 Å². The van der Waals surface area contributed by atoms with E-state index in [4.69, 9.17) is 4.74 Å². The lowest BCUT2D eigenvalue weighted by molar-refractivity contribution is -0.156. The van der Waals surface area contributed by atoms with E-state index in [2.05, 4.69) is 10.1 Å². The lowest BCUT2D eigenvalue weighted by atomic mass is 10.2. The monoisotopic (exact) mass is 251 g/mol. The van der Waals surface area contributed by atoms with Crippen LogP contribution >= 0.6 is 0 Å². The Hall–Kier alpha value is -1.88. The molecule has 0 heterocycles. The van der Waals surface area contributed by atoms with Gasteiger partial charge in [-0.25, -0.2) is 4.79 Å². The minimum absolute atomic E-state index is 0.165. The maximum absolute atomic E-state index is 11.7. The van der Waals surface area contributed by atoms with Crippen LogP contribution < -0.4 is 5.32 Å². The molecule has 0 aromatic heterocycles. The molecule has 0 fully saturated rings. The number of hydrogen-bond donors (Lipinski definition) is 1. The first kappa shape index (κ1) is 14.2. The van der Waals surface area contributed by atoms with E-state index in [0.717, 1.165) is 5.56 Å². The van der Waals surface area contributed by atoms with E-state index in [1.54, 1.807) is 12.1 Å². The topological polar surface area (TPSA) is 64.6 Å². The Morgan fingerprint density at radius 2 is 1.89 bits per heavy atom. The van der Waals surface area contributed by atoms with Crippen molar-refractivity contribution in [1.29, 1.82) is 0 Å². The average molecular weight is 251 g/mol. The SMILES string of the molecule is COCC(=O)O[C@@H](C)C(=O)Nc1ccc(C)cc1. The van der Waals surface area contributed by atoms with Crippen LogP contribution in [0.15, 0.2) is 24.3 Å². The van der Waals surface area contributed by atoms with Gasteiger partial charge >= 0.3 is 5.97 Å². The van der Waals surface area contributed by atoms with Gasteiger partial charge < -0.3 is 14.8 Å². The predicted octanol–water partition coefficient (Wildman–Crippen LogP) is 1.51. The first-order valence-electron chi connectivity index (χ1n) is 5.59. The van der Waals surface area contributed by atoms with Crippen LogP contribution in [0.4, 0.5) is 5.69 Å². The summed E-state index contributed by atoms with van der Waals surface area (Å²) in [6, 6.07) is 7.35. The molecule has 0 bridgehead atoms. The summed E-state index contributed by atoms with van der Waals surface area (Å²) >= 11 is 0. The molecule has 1 aromatic carbocycles. The molecule has 1 rings (SSSR count). The van der Waals surface area contributed by atoms with Gasteiger partial charge in [-0.05, 0) is 26.0 Å². The van der Waals surface area contributed by atoms with E-state index in [0.29, 0.717) is 5.69 Å². The molecule has 1 aromatic rings. The molecule has 5 nitrogen and oxygen atoms in total. The van der Waals surface area contributed by atoms with Crippen molar-refractivity contribution in [1.82, 2.24) is 0 Å². The molecule has 0 radical (unpaired) electrons. The van der Waals surface area contributed by atoms with Crippen LogP contribution in [0.5, 0.6) is 0 Å². The molecule has 5 heteroatoms. The number of rotatable bonds is 5. The van der Waals surface area contributed by atoms with E-state index in [9.17, 15) is 9.59 Å². The maximum atomic E-state index is 11.7. The highest BCUT2D eigenvalue weighted by atomic mass is 16.6. The number of amides is 1. The van der Waals surface area contributed by atoms with Gasteiger partial charge in [-0.2, -0.15) is 0 Å². The maximum Gasteiger partial charge on any atom is 0.332 e. The molecule has 1 amide bonds. The van der Waals surface area contributed by atoms with Crippen molar-refractivity contribution < 1.29 is 19.1 Å². The molecule has 0 aliphatic heterocycles. The minimum Gasteiger partial charge on any atom is -0.451 e. The highest BCUT2D eigenvalue weighted by Crippen LogP contribution is 2.09. The number of methoxy groups -OCH3 is 1. The molecule has 1 N–H and O–H groups in total. The highest BCUT2D eigenvalue weighted by molar-refractivity contribution is 5.95. The second kappa shape index (κ2) is 6.76. The molecule has 0 saturated heterocycles. The molecular formula is C13H17NO4. The quantitative estimate of drug-likeness (QED) is 0.806. The number of ether oxygens (including phenoxy) is 2. The van der Waals surface area contributed by atoms with Crippen LogP contribution in [-0.2, 0) is 19.1 Å². The molecule has 1 atom stereocenters. The third kappa shape index (κ3) is 4.55. The van der Waals surface area contributed by atoms with Crippen molar-refractivity contribution in [3.63, 3.8) is 0 Å². The van der Waals surface area contributed by atoms with Crippen LogP contribution in [0.3, 0.4) is 0 Å². The fourth-order valence-electron chi connectivity index (χ4n) is 1.28. The minimum atomic E-state index is -0.853. The molecule has 0 spiro atoms. The molecule has 98 valence electrons. The lowest BCUT2D eigenvalue weighted by Crippen LogP contribution is -2.31. The Morgan fingerprint density at radius 1 is 1.28 bits per heavy atom. The number of nitrogens with one attached hydrogen (secondary N) is 1. The smallest absolute Gasteiger partial charge is 0.332 e. The van der Waals surface area contributed by atoms with Crippen molar-refractivity contribution in [2.75, 3.05) is 19.0 Å². The Labute approximate surface area is 106 Å². The Bertz CT molecular complexity index is 414. The lowest BCUT2D eigenvalue weighted by Gasteiger charge is -2.13. The third-order valence-electron chi connectivity index (χ3n) is 2.26. The van der Waals surface area contributed by atoms with E-state index in [-0.39, 0.29) is 12.5 Å². The van der Waals surface area contributed by atoms with Gasteiger partial charge in [-0.15, -0.1) is 0 Å². The van der Waals surface area contributed by atoms with Gasteiger partial charge in [0.1, 0.15) is 6.61 Å². The summed E-state index contributed by atoms with van der Waals surface area (Å²) in [6.07, 6.45) is -0.853. The molecule has 0 aliphatic rings. The van der Waals surface area contributed by atoms with Gasteiger partial charge in [-0.3, -0.25) is 4.79 Å². The second-order valence-corrected chi connectivity index (χ2v) is 3.92. The average Bonchev–Trinajstić information content (AvgIpc) is 2.32. The summed E-state index contributed by atoms with van der Waals surface area (Å²) in [5.41, 5.74) is 1.77. The fourth-order valence-corrected chi connectivity index (χ4v) is 1.28. The Balaban J connectivity index is 2.49. The van der Waals surface area contributed by atoms with Crippen molar-refractivity contribution >= 4 is 17.6 Å². The number of hydrogen-bond acceptors (Lipinski definition) is 4. The van der Waals surface area contributed by atoms with Gasteiger partial charge in [-0.1, -0.05) is 17.7 Å². The van der Waals surface area contributed by atoms with Crippen molar-refractivity contribution in [3.8, 4) is 0 Å². The van der Waals surface area contributed by atoms with Gasteiger partial charge in [0.25, 0.3) is 5.91 Å². The van der Waals surface area contributed by atoms with Crippen LogP contribution in [-0.4, -0.2) is 31.7 Å². The van der Waals surface area contributed by atoms with E-state index in [1.807, 2.05) is 19.1 Å². The molecular weight excluding hydrogens is 234 g/mol. The number of aryl methyl sites for hydroxylation is 1. The van der Waals surface area contributed by atoms with Crippen LogP contribution in [0.2, 0.25) is 0 Å². The highest BCUT2D eigenvalue weighted by Gasteiger charge is 2.17. The standard InChI is InChI=1S/C13H17NO4/c1-9-4-6-11(7-5-9)14-13(16)10(2)18-12(15)8-17-3/h4-7,10H,8H2,1-3H3,(H,14,16)/t10-/m0/s1. The van der Waals surface area contributed by atoms with Gasteiger partial charge in [0.05, 0.1) is 0 Å². The largest absolute Gasteiger partial charge is 0.451 e. The van der Waals surface area contributed by atoms with Gasteiger partial charge in [0, 0.05) is 12.8 Å². The number of carbonyl (C=O) groups is 2. The van der Waals surface area contributed by atoms with E-state index >= 15 is 0 Å². The summed E-state index contributed by atoms with van der Waals surface area (Å²) < 4.78 is 9.48. The Kier molecular flexibility index (Phi) is 5.32. The number of benzene rings is 1. The van der Waals surface area contributed by atoms with Crippen LogP contribution in [0, 0.1) is 6.92 Å². The zero-order valence-electron chi connectivity index (χ0n) is 10.7. The number of carbonyl (C=O) groups excluding carboxylic acids is 2. The molecule has 0 aliphatic carbocycles. The van der Waals surface area contributed by atoms with Crippen molar-refractivity contribution in [2.24, 2.45) is 0 Å². The van der Waals surface area contributed by atoms with Gasteiger partial charge in [0.2, 0.25) is 0 Å². The second-order valence-electron chi connectivity index (χ2n) is 3.92. The zero-order chi connectivity index (χ0) is 13.5. The number of anilines is 1. The van der Waals surface area contributed by atoms with Crippen molar-refractivity contribution in [3.05, 3.63) is 29.8 Å². The third-order valence-corrected chi connectivity index (χ3v) is 2.26. The summed E-state index contributed by atoms with van der Waals surface area (Å²) in [6.45, 7) is 3.31. The predicted molar refractivity (Wildman–Crippen MR) is 67.2 cm³/mol. The molecule has 0 saturated carbocycles. The van der Waals surface area contributed by atoms with Gasteiger partial charge in [0.15, 0.2) is 6.10 Å². The summed E-state index contributed by atoms with van der Waals surface area (Å²) in [5, 5.41) is 2.66. The summed E-state index contributed by atoms with van der Waals surface area (Å²) in [4.78, 5) is 22.8. The Morgan fingerprint density at radius 3 is 2.44 bits per heavy atom. The summed E-state index contributed by atoms with van der Waals surface area (Å²) in [5.74, 6) is -0.938. The zero-order valence-corrected chi connectivity index (χ0v) is 10.7. The number of esters is 1. The van der Waals surface area contributed by atoms with E-state index < -0.39 is 12.1 Å². The summed E-state index contributed by atoms with van der Waals surface area (Å²) in [7, 11) is 1.39. The first-order valence-corrected chi connectivity index (χ1v) is 5.59. The normalized spacial score (nSPS) is 11.7.